The standard InChI is InChI=1S/C16H18N4/c1-11-3-4-15(12(2)7-11)13-8-18-16-19-14(5-6-17)10-20(16)9-13/h3-4,7-10H,5-6,17H2,1-2H3. The quantitative estimate of drug-likeness (QED) is 0.792. The fraction of sp³-hybridized carbons (Fsp3) is 0.250. The molecule has 0 atom stereocenters. The Morgan fingerprint density at radius 3 is 2.80 bits per heavy atom. The van der Waals surface area contributed by atoms with Crippen molar-refractivity contribution in [2.45, 2.75) is 20.3 Å². The average molecular weight is 266 g/mol. The van der Waals surface area contributed by atoms with Gasteiger partial charge in [-0.25, -0.2) is 9.97 Å². The molecule has 0 saturated heterocycles. The summed E-state index contributed by atoms with van der Waals surface area (Å²) in [6.07, 6.45) is 6.74. The van der Waals surface area contributed by atoms with Crippen LogP contribution >= 0.6 is 0 Å². The maximum Gasteiger partial charge on any atom is 0.233 e. The number of aryl methyl sites for hydroxylation is 2. The van der Waals surface area contributed by atoms with Gasteiger partial charge in [-0.15, -0.1) is 0 Å². The first-order chi connectivity index (χ1) is 9.67. The second-order valence-corrected chi connectivity index (χ2v) is 5.14. The van der Waals surface area contributed by atoms with Crippen molar-refractivity contribution in [1.29, 1.82) is 0 Å². The molecule has 4 heteroatoms. The van der Waals surface area contributed by atoms with Crippen molar-refractivity contribution in [1.82, 2.24) is 14.4 Å². The van der Waals surface area contributed by atoms with Crippen LogP contribution in [0, 0.1) is 13.8 Å². The Morgan fingerprint density at radius 1 is 1.20 bits per heavy atom. The van der Waals surface area contributed by atoms with E-state index in [9.17, 15) is 0 Å². The number of rotatable bonds is 3. The normalized spacial score (nSPS) is 11.2. The first-order valence-electron chi connectivity index (χ1n) is 6.78. The lowest BCUT2D eigenvalue weighted by atomic mass is 10.0. The van der Waals surface area contributed by atoms with E-state index in [1.165, 1.54) is 16.7 Å². The van der Waals surface area contributed by atoms with Gasteiger partial charge in [-0.05, 0) is 31.5 Å². The highest BCUT2D eigenvalue weighted by Gasteiger charge is 2.06. The van der Waals surface area contributed by atoms with Gasteiger partial charge in [0.15, 0.2) is 0 Å². The van der Waals surface area contributed by atoms with Crippen LogP contribution in [0.25, 0.3) is 16.9 Å². The maximum atomic E-state index is 5.57. The number of fused-ring (bicyclic) bond motifs is 1. The summed E-state index contributed by atoms with van der Waals surface area (Å²) < 4.78 is 1.97. The highest BCUT2D eigenvalue weighted by Crippen LogP contribution is 2.23. The average Bonchev–Trinajstić information content (AvgIpc) is 2.80. The van der Waals surface area contributed by atoms with Gasteiger partial charge in [-0.3, -0.25) is 4.40 Å². The third-order valence-electron chi connectivity index (χ3n) is 3.45. The van der Waals surface area contributed by atoms with E-state index >= 15 is 0 Å². The molecule has 4 nitrogen and oxygen atoms in total. The van der Waals surface area contributed by atoms with Crippen LogP contribution in [0.4, 0.5) is 0 Å². The van der Waals surface area contributed by atoms with Gasteiger partial charge in [-0.1, -0.05) is 23.8 Å². The van der Waals surface area contributed by atoms with E-state index in [1.54, 1.807) is 0 Å². The molecule has 0 unspecified atom stereocenters. The molecule has 0 spiro atoms. The predicted octanol–water partition coefficient (Wildman–Crippen LogP) is 2.51. The third-order valence-corrected chi connectivity index (χ3v) is 3.45. The van der Waals surface area contributed by atoms with E-state index in [-0.39, 0.29) is 0 Å². The second kappa shape index (κ2) is 5.06. The van der Waals surface area contributed by atoms with Gasteiger partial charge < -0.3 is 5.73 Å². The Labute approximate surface area is 118 Å². The van der Waals surface area contributed by atoms with E-state index in [0.717, 1.165) is 23.5 Å². The fourth-order valence-electron chi connectivity index (χ4n) is 2.48. The molecule has 0 amide bonds. The van der Waals surface area contributed by atoms with Gasteiger partial charge in [0.2, 0.25) is 5.78 Å². The van der Waals surface area contributed by atoms with Crippen LogP contribution in [0.3, 0.4) is 0 Å². The first-order valence-corrected chi connectivity index (χ1v) is 6.78. The number of hydrogen-bond acceptors (Lipinski definition) is 3. The molecule has 0 aliphatic heterocycles. The van der Waals surface area contributed by atoms with Gasteiger partial charge in [0, 0.05) is 30.6 Å². The van der Waals surface area contributed by atoms with Gasteiger partial charge in [-0.2, -0.15) is 0 Å². The van der Waals surface area contributed by atoms with Crippen LogP contribution in [0.15, 0.2) is 36.8 Å². The van der Waals surface area contributed by atoms with Gasteiger partial charge in [0.25, 0.3) is 0 Å². The molecular weight excluding hydrogens is 248 g/mol. The number of nitrogens with zero attached hydrogens (tertiary/aromatic N) is 3. The van der Waals surface area contributed by atoms with Crippen LogP contribution < -0.4 is 5.73 Å². The molecule has 0 aliphatic rings. The van der Waals surface area contributed by atoms with Crippen LogP contribution in [0.5, 0.6) is 0 Å². The van der Waals surface area contributed by atoms with Crippen LogP contribution in [0.1, 0.15) is 16.8 Å². The Kier molecular flexibility index (Phi) is 3.24. The number of nitrogens with two attached hydrogens (primary N) is 1. The Morgan fingerprint density at radius 2 is 2.05 bits per heavy atom. The fourth-order valence-corrected chi connectivity index (χ4v) is 2.48. The molecule has 102 valence electrons. The zero-order valence-electron chi connectivity index (χ0n) is 11.8. The van der Waals surface area contributed by atoms with Crippen LogP contribution in [0.2, 0.25) is 0 Å². The Balaban J connectivity index is 2.07. The zero-order chi connectivity index (χ0) is 14.1. The molecule has 2 heterocycles. The van der Waals surface area contributed by atoms with Gasteiger partial charge in [0.05, 0.1) is 5.69 Å². The predicted molar refractivity (Wildman–Crippen MR) is 80.7 cm³/mol. The summed E-state index contributed by atoms with van der Waals surface area (Å²) in [5.41, 5.74) is 11.4. The van der Waals surface area contributed by atoms with Gasteiger partial charge in [0.1, 0.15) is 0 Å². The minimum absolute atomic E-state index is 0.605. The first kappa shape index (κ1) is 12.8. The molecule has 0 bridgehead atoms. The highest BCUT2D eigenvalue weighted by atomic mass is 15.1. The number of imidazole rings is 1. The second-order valence-electron chi connectivity index (χ2n) is 5.14. The Hall–Kier alpha value is -2.20. The zero-order valence-corrected chi connectivity index (χ0v) is 11.8. The molecule has 3 rings (SSSR count). The van der Waals surface area contributed by atoms with E-state index in [1.807, 2.05) is 16.8 Å². The van der Waals surface area contributed by atoms with Crippen molar-refractivity contribution >= 4 is 5.78 Å². The molecule has 2 N–H and O–H groups in total. The summed E-state index contributed by atoms with van der Waals surface area (Å²) in [5.74, 6) is 0.724. The summed E-state index contributed by atoms with van der Waals surface area (Å²) >= 11 is 0. The van der Waals surface area contributed by atoms with E-state index in [4.69, 9.17) is 5.73 Å². The van der Waals surface area contributed by atoms with Crippen molar-refractivity contribution in [3.8, 4) is 11.1 Å². The molecule has 20 heavy (non-hydrogen) atoms. The summed E-state index contributed by atoms with van der Waals surface area (Å²) in [6, 6.07) is 6.46. The monoisotopic (exact) mass is 266 g/mol. The van der Waals surface area contributed by atoms with Crippen molar-refractivity contribution in [2.75, 3.05) is 6.54 Å². The minimum atomic E-state index is 0.605. The largest absolute Gasteiger partial charge is 0.330 e. The maximum absolute atomic E-state index is 5.57. The molecular formula is C16H18N4. The van der Waals surface area contributed by atoms with Crippen LogP contribution in [-0.2, 0) is 6.42 Å². The summed E-state index contributed by atoms with van der Waals surface area (Å²) in [5, 5.41) is 0. The van der Waals surface area contributed by atoms with E-state index in [2.05, 4.69) is 48.2 Å². The lowest BCUT2D eigenvalue weighted by Gasteiger charge is -2.07. The molecule has 0 fully saturated rings. The van der Waals surface area contributed by atoms with Crippen LogP contribution in [-0.4, -0.2) is 20.9 Å². The van der Waals surface area contributed by atoms with Gasteiger partial charge >= 0.3 is 0 Å². The van der Waals surface area contributed by atoms with Crippen molar-refractivity contribution in [3.05, 3.63) is 53.6 Å². The Bertz CT molecular complexity index is 758. The topological polar surface area (TPSA) is 56.2 Å². The highest BCUT2D eigenvalue weighted by molar-refractivity contribution is 5.66. The van der Waals surface area contributed by atoms with Crippen molar-refractivity contribution in [2.24, 2.45) is 5.73 Å². The SMILES string of the molecule is Cc1ccc(-c2cnc3nc(CCN)cn3c2)c(C)c1. The number of hydrogen-bond donors (Lipinski definition) is 1. The molecule has 1 aromatic carbocycles. The summed E-state index contributed by atoms with van der Waals surface area (Å²) in [6.45, 7) is 4.83. The minimum Gasteiger partial charge on any atom is -0.330 e. The van der Waals surface area contributed by atoms with E-state index < -0.39 is 0 Å². The third kappa shape index (κ3) is 2.30. The van der Waals surface area contributed by atoms with E-state index in [0.29, 0.717) is 6.54 Å². The lowest BCUT2D eigenvalue weighted by molar-refractivity contribution is 0.936. The van der Waals surface area contributed by atoms with Crippen molar-refractivity contribution < 1.29 is 0 Å². The lowest BCUT2D eigenvalue weighted by Crippen LogP contribution is -2.02. The smallest absolute Gasteiger partial charge is 0.233 e. The molecule has 2 aromatic heterocycles. The summed E-state index contributed by atoms with van der Waals surface area (Å²) in [4.78, 5) is 8.88. The molecule has 0 aliphatic carbocycles. The summed E-state index contributed by atoms with van der Waals surface area (Å²) in [7, 11) is 0. The molecule has 0 radical (unpaired) electrons. The van der Waals surface area contributed by atoms with Crippen molar-refractivity contribution in [3.63, 3.8) is 0 Å². The number of benzene rings is 1. The number of aromatic nitrogens is 3. The molecule has 0 saturated carbocycles. The molecule has 3 aromatic rings.